The maximum atomic E-state index is 5.73. The van der Waals surface area contributed by atoms with Gasteiger partial charge >= 0.3 is 0 Å². The summed E-state index contributed by atoms with van der Waals surface area (Å²) in [6.07, 6.45) is 7.87. The lowest BCUT2D eigenvalue weighted by atomic mass is 10.0. The van der Waals surface area contributed by atoms with Gasteiger partial charge in [-0.25, -0.2) is 0 Å². The minimum absolute atomic E-state index is 0.212. The van der Waals surface area contributed by atoms with Crippen molar-refractivity contribution in [3.05, 3.63) is 23.8 Å². The van der Waals surface area contributed by atoms with E-state index in [0.717, 1.165) is 38.2 Å². The van der Waals surface area contributed by atoms with Crippen molar-refractivity contribution >= 4 is 5.69 Å². The summed E-state index contributed by atoms with van der Waals surface area (Å²) in [7, 11) is 0. The Kier molecular flexibility index (Phi) is 5.52. The third-order valence-corrected chi connectivity index (χ3v) is 3.83. The van der Waals surface area contributed by atoms with Crippen LogP contribution in [0.15, 0.2) is 18.2 Å². The number of benzene rings is 1. The standard InChI is InChI=1S/C18H26N2O/c1-5-10-20-11-8-16(9-12-20)19-18-7-6-17(13-15(18)4)21-14(2)3/h1,6-7,13-14,16,19H,8-12H2,2-4H3. The predicted molar refractivity (Wildman–Crippen MR) is 88.9 cm³/mol. The van der Waals surface area contributed by atoms with E-state index in [1.54, 1.807) is 0 Å². The van der Waals surface area contributed by atoms with Gasteiger partial charge in [-0.1, -0.05) is 5.92 Å². The molecular weight excluding hydrogens is 260 g/mol. The van der Waals surface area contributed by atoms with Gasteiger partial charge in [0.05, 0.1) is 12.6 Å². The maximum absolute atomic E-state index is 5.73. The van der Waals surface area contributed by atoms with Gasteiger partial charge in [-0.2, -0.15) is 0 Å². The average molecular weight is 286 g/mol. The van der Waals surface area contributed by atoms with Crippen LogP contribution in [0.1, 0.15) is 32.3 Å². The molecule has 0 amide bonds. The molecule has 0 saturated carbocycles. The zero-order valence-corrected chi connectivity index (χ0v) is 13.4. The van der Waals surface area contributed by atoms with E-state index >= 15 is 0 Å². The molecule has 1 N–H and O–H groups in total. The molecule has 0 unspecified atom stereocenters. The molecule has 1 aromatic rings. The molecule has 0 radical (unpaired) electrons. The minimum Gasteiger partial charge on any atom is -0.491 e. The first-order valence-corrected chi connectivity index (χ1v) is 7.78. The van der Waals surface area contributed by atoms with Crippen LogP contribution in [0.5, 0.6) is 5.75 Å². The molecule has 1 aliphatic heterocycles. The molecule has 1 saturated heterocycles. The molecule has 1 fully saturated rings. The average Bonchev–Trinajstić information content (AvgIpc) is 2.43. The zero-order valence-electron chi connectivity index (χ0n) is 13.4. The summed E-state index contributed by atoms with van der Waals surface area (Å²) < 4.78 is 5.73. The second-order valence-electron chi connectivity index (χ2n) is 6.04. The summed E-state index contributed by atoms with van der Waals surface area (Å²) in [5, 5.41) is 3.66. The van der Waals surface area contributed by atoms with Crippen LogP contribution in [0.2, 0.25) is 0 Å². The Hall–Kier alpha value is -1.66. The number of rotatable bonds is 5. The highest BCUT2D eigenvalue weighted by atomic mass is 16.5. The molecule has 3 nitrogen and oxygen atoms in total. The Morgan fingerprint density at radius 1 is 1.38 bits per heavy atom. The number of anilines is 1. The number of aryl methyl sites for hydroxylation is 1. The van der Waals surface area contributed by atoms with Crippen molar-refractivity contribution in [2.75, 3.05) is 25.0 Å². The number of hydrogen-bond acceptors (Lipinski definition) is 3. The van der Waals surface area contributed by atoms with E-state index in [4.69, 9.17) is 11.2 Å². The van der Waals surface area contributed by atoms with Crippen molar-refractivity contribution in [3.63, 3.8) is 0 Å². The predicted octanol–water partition coefficient (Wildman–Crippen LogP) is 3.29. The Bertz CT molecular complexity index is 496. The van der Waals surface area contributed by atoms with E-state index in [1.165, 1.54) is 11.3 Å². The van der Waals surface area contributed by atoms with Crippen molar-refractivity contribution in [1.29, 1.82) is 0 Å². The number of nitrogens with zero attached hydrogens (tertiary/aromatic N) is 1. The fourth-order valence-electron chi connectivity index (χ4n) is 2.73. The summed E-state index contributed by atoms with van der Waals surface area (Å²) in [6.45, 7) is 9.15. The number of hydrogen-bond donors (Lipinski definition) is 1. The summed E-state index contributed by atoms with van der Waals surface area (Å²) in [5.41, 5.74) is 2.45. The Labute approximate surface area is 128 Å². The molecule has 1 aliphatic rings. The number of terminal acetylenes is 1. The van der Waals surface area contributed by atoms with Crippen LogP contribution < -0.4 is 10.1 Å². The van der Waals surface area contributed by atoms with E-state index in [-0.39, 0.29) is 6.10 Å². The largest absolute Gasteiger partial charge is 0.491 e. The molecule has 21 heavy (non-hydrogen) atoms. The quantitative estimate of drug-likeness (QED) is 0.841. The Balaban J connectivity index is 1.90. The van der Waals surface area contributed by atoms with Gasteiger partial charge < -0.3 is 10.1 Å². The first-order valence-electron chi connectivity index (χ1n) is 7.78. The molecule has 0 spiro atoms. The molecule has 0 bridgehead atoms. The fourth-order valence-corrected chi connectivity index (χ4v) is 2.73. The third-order valence-electron chi connectivity index (χ3n) is 3.83. The summed E-state index contributed by atoms with van der Waals surface area (Å²) in [5.74, 6) is 3.67. The molecule has 0 aliphatic carbocycles. The first kappa shape index (κ1) is 15.7. The molecule has 2 rings (SSSR count). The smallest absolute Gasteiger partial charge is 0.120 e. The van der Waals surface area contributed by atoms with Gasteiger partial charge in [-0.3, -0.25) is 4.90 Å². The van der Waals surface area contributed by atoms with Crippen LogP contribution in [-0.4, -0.2) is 36.7 Å². The Morgan fingerprint density at radius 2 is 2.10 bits per heavy atom. The highest BCUT2D eigenvalue weighted by molar-refractivity contribution is 5.54. The van der Waals surface area contributed by atoms with E-state index in [9.17, 15) is 0 Å². The monoisotopic (exact) mass is 286 g/mol. The van der Waals surface area contributed by atoms with Gasteiger partial charge in [-0.15, -0.1) is 6.42 Å². The van der Waals surface area contributed by atoms with Gasteiger partial charge in [0.2, 0.25) is 0 Å². The molecule has 1 heterocycles. The van der Waals surface area contributed by atoms with Crippen LogP contribution >= 0.6 is 0 Å². The molecule has 1 aromatic carbocycles. The molecule has 3 heteroatoms. The second kappa shape index (κ2) is 7.38. The van der Waals surface area contributed by atoms with E-state index in [1.807, 2.05) is 19.9 Å². The van der Waals surface area contributed by atoms with E-state index in [0.29, 0.717) is 6.04 Å². The molecule has 114 valence electrons. The van der Waals surface area contributed by atoms with Crippen molar-refractivity contribution < 1.29 is 4.74 Å². The second-order valence-corrected chi connectivity index (χ2v) is 6.04. The molecule has 0 aromatic heterocycles. The first-order chi connectivity index (χ1) is 10.1. The number of likely N-dealkylation sites (tertiary alicyclic amines) is 1. The number of piperidine rings is 1. The lowest BCUT2D eigenvalue weighted by Crippen LogP contribution is -2.39. The van der Waals surface area contributed by atoms with Crippen molar-refractivity contribution in [2.45, 2.75) is 45.8 Å². The van der Waals surface area contributed by atoms with Crippen molar-refractivity contribution in [2.24, 2.45) is 0 Å². The fraction of sp³-hybridized carbons (Fsp3) is 0.556. The van der Waals surface area contributed by atoms with Crippen LogP contribution in [0.4, 0.5) is 5.69 Å². The van der Waals surface area contributed by atoms with Gasteiger partial charge in [0.1, 0.15) is 5.75 Å². The topological polar surface area (TPSA) is 24.5 Å². The van der Waals surface area contributed by atoms with Gasteiger partial charge in [-0.05, 0) is 57.4 Å². The zero-order chi connectivity index (χ0) is 15.2. The minimum atomic E-state index is 0.212. The molecule has 0 atom stereocenters. The SMILES string of the molecule is C#CCN1CCC(Nc2ccc(OC(C)C)cc2C)CC1. The normalized spacial score (nSPS) is 16.7. The van der Waals surface area contributed by atoms with Gasteiger partial charge in [0.25, 0.3) is 0 Å². The number of nitrogens with one attached hydrogen (secondary N) is 1. The molecular formula is C18H26N2O. The van der Waals surface area contributed by atoms with Crippen LogP contribution in [0, 0.1) is 19.3 Å². The maximum Gasteiger partial charge on any atom is 0.120 e. The lowest BCUT2D eigenvalue weighted by molar-refractivity contribution is 0.241. The third kappa shape index (κ3) is 4.68. The van der Waals surface area contributed by atoms with Crippen molar-refractivity contribution in [1.82, 2.24) is 4.90 Å². The van der Waals surface area contributed by atoms with E-state index in [2.05, 4.69) is 35.2 Å². The van der Waals surface area contributed by atoms with Gasteiger partial charge in [0.15, 0.2) is 0 Å². The summed E-state index contributed by atoms with van der Waals surface area (Å²) in [4.78, 5) is 2.34. The number of ether oxygens (including phenoxy) is 1. The van der Waals surface area contributed by atoms with Crippen LogP contribution in [-0.2, 0) is 0 Å². The Morgan fingerprint density at radius 3 is 2.67 bits per heavy atom. The van der Waals surface area contributed by atoms with Gasteiger partial charge in [0, 0.05) is 24.8 Å². The summed E-state index contributed by atoms with van der Waals surface area (Å²) >= 11 is 0. The van der Waals surface area contributed by atoms with E-state index < -0.39 is 0 Å². The van der Waals surface area contributed by atoms with Crippen molar-refractivity contribution in [3.8, 4) is 18.1 Å². The summed E-state index contributed by atoms with van der Waals surface area (Å²) in [6, 6.07) is 6.81. The highest BCUT2D eigenvalue weighted by Crippen LogP contribution is 2.24. The highest BCUT2D eigenvalue weighted by Gasteiger charge is 2.18. The van der Waals surface area contributed by atoms with Crippen LogP contribution in [0.3, 0.4) is 0 Å². The lowest BCUT2D eigenvalue weighted by Gasteiger charge is -2.32. The van der Waals surface area contributed by atoms with Crippen LogP contribution in [0.25, 0.3) is 0 Å².